The number of benzene rings is 1. The van der Waals surface area contributed by atoms with Gasteiger partial charge in [0.05, 0.1) is 27.4 Å². The van der Waals surface area contributed by atoms with Gasteiger partial charge < -0.3 is 4.74 Å². The van der Waals surface area contributed by atoms with Crippen molar-refractivity contribution >= 4 is 28.9 Å². The van der Waals surface area contributed by atoms with Gasteiger partial charge in [-0.3, -0.25) is 10.1 Å². The highest BCUT2D eigenvalue weighted by Crippen LogP contribution is 2.39. The standard InChI is InChI=1S/C11H7Cl2N3O3/c1-6-14-4-8(5-15-6)19-11-9(12)2-7(16(17)18)3-10(11)13/h2-5H,1H3. The molecule has 0 N–H and O–H groups in total. The van der Waals surface area contributed by atoms with Crippen LogP contribution >= 0.6 is 23.2 Å². The van der Waals surface area contributed by atoms with Gasteiger partial charge in [0.2, 0.25) is 0 Å². The number of ether oxygens (including phenoxy) is 1. The molecule has 1 heterocycles. The molecule has 8 heteroatoms. The Morgan fingerprint density at radius 1 is 1.21 bits per heavy atom. The SMILES string of the molecule is Cc1ncc(Oc2c(Cl)cc([N+](=O)[O-])cc2Cl)cn1. The molecular formula is C11H7Cl2N3O3. The Kier molecular flexibility index (Phi) is 3.82. The lowest BCUT2D eigenvalue weighted by Crippen LogP contribution is -1.93. The van der Waals surface area contributed by atoms with Crippen LogP contribution in [0.25, 0.3) is 0 Å². The second-order valence-corrected chi connectivity index (χ2v) is 4.38. The Hall–Kier alpha value is -1.92. The summed E-state index contributed by atoms with van der Waals surface area (Å²) in [6.07, 6.45) is 2.91. The fourth-order valence-electron chi connectivity index (χ4n) is 1.30. The first-order valence-electron chi connectivity index (χ1n) is 5.07. The van der Waals surface area contributed by atoms with E-state index in [1.807, 2.05) is 0 Å². The number of nitrogens with zero attached hydrogens (tertiary/aromatic N) is 3. The number of aromatic nitrogens is 2. The van der Waals surface area contributed by atoms with E-state index in [0.29, 0.717) is 11.6 Å². The van der Waals surface area contributed by atoms with Crippen LogP contribution in [0.1, 0.15) is 5.82 Å². The molecule has 1 aromatic heterocycles. The minimum Gasteiger partial charge on any atom is -0.451 e. The molecule has 0 atom stereocenters. The molecule has 0 spiro atoms. The van der Waals surface area contributed by atoms with Gasteiger partial charge in [-0.25, -0.2) is 9.97 Å². The van der Waals surface area contributed by atoms with Crippen LogP contribution < -0.4 is 4.74 Å². The lowest BCUT2D eigenvalue weighted by atomic mass is 10.3. The number of non-ortho nitro benzene ring substituents is 1. The summed E-state index contributed by atoms with van der Waals surface area (Å²) in [5, 5.41) is 10.7. The molecule has 98 valence electrons. The van der Waals surface area contributed by atoms with E-state index in [1.165, 1.54) is 12.4 Å². The molecule has 0 amide bonds. The number of hydrogen-bond acceptors (Lipinski definition) is 5. The van der Waals surface area contributed by atoms with Crippen molar-refractivity contribution in [2.45, 2.75) is 6.92 Å². The summed E-state index contributed by atoms with van der Waals surface area (Å²) in [7, 11) is 0. The molecule has 0 bridgehead atoms. The first-order chi connectivity index (χ1) is 8.97. The topological polar surface area (TPSA) is 78.2 Å². The summed E-state index contributed by atoms with van der Waals surface area (Å²) in [6.45, 7) is 1.73. The van der Waals surface area contributed by atoms with Crippen molar-refractivity contribution in [3.63, 3.8) is 0 Å². The predicted octanol–water partition coefficient (Wildman–Crippen LogP) is 3.79. The minimum atomic E-state index is -0.587. The number of aryl methyl sites for hydroxylation is 1. The Morgan fingerprint density at radius 3 is 2.21 bits per heavy atom. The van der Waals surface area contributed by atoms with E-state index in [-0.39, 0.29) is 21.5 Å². The highest BCUT2D eigenvalue weighted by atomic mass is 35.5. The second-order valence-electron chi connectivity index (χ2n) is 3.56. The lowest BCUT2D eigenvalue weighted by molar-refractivity contribution is -0.384. The zero-order valence-corrected chi connectivity index (χ0v) is 11.1. The zero-order chi connectivity index (χ0) is 14.0. The number of halogens is 2. The Morgan fingerprint density at radius 2 is 1.74 bits per heavy atom. The van der Waals surface area contributed by atoms with E-state index in [4.69, 9.17) is 27.9 Å². The molecule has 0 aliphatic rings. The van der Waals surface area contributed by atoms with Crippen LogP contribution in [0.5, 0.6) is 11.5 Å². The van der Waals surface area contributed by atoms with Crippen molar-refractivity contribution in [2.24, 2.45) is 0 Å². The highest BCUT2D eigenvalue weighted by Gasteiger charge is 2.16. The van der Waals surface area contributed by atoms with Gasteiger partial charge in [0.15, 0.2) is 11.5 Å². The van der Waals surface area contributed by atoms with Gasteiger partial charge in [-0.15, -0.1) is 0 Å². The molecule has 0 aliphatic carbocycles. The summed E-state index contributed by atoms with van der Waals surface area (Å²) in [5.74, 6) is 1.05. The van der Waals surface area contributed by atoms with Crippen LogP contribution in [-0.4, -0.2) is 14.9 Å². The second kappa shape index (κ2) is 5.38. The molecule has 0 fully saturated rings. The number of nitro benzene ring substituents is 1. The quantitative estimate of drug-likeness (QED) is 0.636. The van der Waals surface area contributed by atoms with E-state index < -0.39 is 4.92 Å². The number of hydrogen-bond donors (Lipinski definition) is 0. The molecule has 0 saturated carbocycles. The summed E-state index contributed by atoms with van der Waals surface area (Å²) in [6, 6.07) is 2.33. The van der Waals surface area contributed by atoms with E-state index in [0.717, 1.165) is 12.1 Å². The summed E-state index contributed by atoms with van der Waals surface area (Å²) >= 11 is 11.8. The number of rotatable bonds is 3. The third kappa shape index (κ3) is 3.10. The van der Waals surface area contributed by atoms with Crippen LogP contribution in [0.3, 0.4) is 0 Å². The van der Waals surface area contributed by atoms with Crippen LogP contribution in [0.2, 0.25) is 10.0 Å². The summed E-state index contributed by atoms with van der Waals surface area (Å²) in [4.78, 5) is 18.0. The van der Waals surface area contributed by atoms with Crippen LogP contribution in [0.4, 0.5) is 5.69 Å². The van der Waals surface area contributed by atoms with Gasteiger partial charge >= 0.3 is 0 Å². The number of nitro groups is 1. The zero-order valence-electron chi connectivity index (χ0n) is 9.63. The average molecular weight is 300 g/mol. The predicted molar refractivity (Wildman–Crippen MR) is 70.0 cm³/mol. The Labute approximate surface area is 118 Å². The molecule has 19 heavy (non-hydrogen) atoms. The minimum absolute atomic E-state index is 0.0415. The van der Waals surface area contributed by atoms with Gasteiger partial charge in [0, 0.05) is 12.1 Å². The normalized spacial score (nSPS) is 10.3. The molecule has 0 unspecified atom stereocenters. The van der Waals surface area contributed by atoms with Crippen molar-refractivity contribution in [3.05, 3.63) is 50.5 Å². The third-order valence-corrected chi connectivity index (χ3v) is 2.73. The fourth-order valence-corrected chi connectivity index (χ4v) is 1.85. The van der Waals surface area contributed by atoms with E-state index in [2.05, 4.69) is 9.97 Å². The van der Waals surface area contributed by atoms with Crippen LogP contribution in [-0.2, 0) is 0 Å². The van der Waals surface area contributed by atoms with Gasteiger partial charge in [-0.1, -0.05) is 23.2 Å². The third-order valence-electron chi connectivity index (χ3n) is 2.17. The Balaban J connectivity index is 2.35. The van der Waals surface area contributed by atoms with Gasteiger partial charge in [-0.2, -0.15) is 0 Å². The van der Waals surface area contributed by atoms with Gasteiger partial charge in [0.25, 0.3) is 5.69 Å². The van der Waals surface area contributed by atoms with Crippen molar-refractivity contribution < 1.29 is 9.66 Å². The molecule has 2 aromatic rings. The maximum atomic E-state index is 10.6. The Bertz CT molecular complexity index is 609. The highest BCUT2D eigenvalue weighted by molar-refractivity contribution is 6.37. The molecule has 1 aromatic carbocycles. The van der Waals surface area contributed by atoms with Crippen LogP contribution in [0, 0.1) is 17.0 Å². The van der Waals surface area contributed by atoms with Crippen molar-refractivity contribution in [1.29, 1.82) is 0 Å². The summed E-state index contributed by atoms with van der Waals surface area (Å²) in [5.41, 5.74) is -0.206. The molecule has 0 aliphatic heterocycles. The van der Waals surface area contributed by atoms with Crippen molar-refractivity contribution in [3.8, 4) is 11.5 Å². The molecule has 2 rings (SSSR count). The van der Waals surface area contributed by atoms with Crippen LogP contribution in [0.15, 0.2) is 24.5 Å². The molecule has 0 saturated heterocycles. The van der Waals surface area contributed by atoms with Gasteiger partial charge in [0.1, 0.15) is 5.82 Å². The molecule has 6 nitrogen and oxygen atoms in total. The first kappa shape index (κ1) is 13.5. The van der Waals surface area contributed by atoms with E-state index in [9.17, 15) is 10.1 Å². The fraction of sp³-hybridized carbons (Fsp3) is 0.0909. The van der Waals surface area contributed by atoms with E-state index in [1.54, 1.807) is 6.92 Å². The van der Waals surface area contributed by atoms with Crippen molar-refractivity contribution in [2.75, 3.05) is 0 Å². The molecule has 0 radical (unpaired) electrons. The first-order valence-corrected chi connectivity index (χ1v) is 5.83. The maximum absolute atomic E-state index is 10.6. The average Bonchev–Trinajstić information content (AvgIpc) is 2.35. The van der Waals surface area contributed by atoms with E-state index >= 15 is 0 Å². The van der Waals surface area contributed by atoms with Crippen molar-refractivity contribution in [1.82, 2.24) is 9.97 Å². The lowest BCUT2D eigenvalue weighted by Gasteiger charge is -2.08. The largest absolute Gasteiger partial charge is 0.451 e. The monoisotopic (exact) mass is 299 g/mol. The molecular weight excluding hydrogens is 293 g/mol. The maximum Gasteiger partial charge on any atom is 0.272 e. The smallest absolute Gasteiger partial charge is 0.272 e. The summed E-state index contributed by atoms with van der Waals surface area (Å²) < 4.78 is 5.42. The van der Waals surface area contributed by atoms with Gasteiger partial charge in [-0.05, 0) is 6.92 Å².